The summed E-state index contributed by atoms with van der Waals surface area (Å²) in [5.41, 5.74) is 3.36. The van der Waals surface area contributed by atoms with Gasteiger partial charge < -0.3 is 14.1 Å². The molecule has 0 bridgehead atoms. The number of aryl methyl sites for hydroxylation is 2. The van der Waals surface area contributed by atoms with Crippen molar-refractivity contribution in [1.29, 1.82) is 0 Å². The predicted octanol–water partition coefficient (Wildman–Crippen LogP) is 4.51. The van der Waals surface area contributed by atoms with Crippen LogP contribution in [0.3, 0.4) is 0 Å². The molecule has 29 heavy (non-hydrogen) atoms. The number of carbonyl (C=O) groups is 1. The van der Waals surface area contributed by atoms with Crippen molar-refractivity contribution in [2.45, 2.75) is 26.3 Å². The molecule has 1 aliphatic rings. The molecule has 1 aromatic heterocycles. The van der Waals surface area contributed by atoms with E-state index in [1.54, 1.807) is 24.1 Å². The Kier molecular flexibility index (Phi) is 5.19. The number of benzene rings is 2. The van der Waals surface area contributed by atoms with Crippen LogP contribution in [0.25, 0.3) is 11.0 Å². The molecule has 6 heteroatoms. The van der Waals surface area contributed by atoms with Gasteiger partial charge in [0.05, 0.1) is 23.6 Å². The first-order valence-electron chi connectivity index (χ1n) is 9.61. The van der Waals surface area contributed by atoms with E-state index in [4.69, 9.17) is 20.8 Å². The van der Waals surface area contributed by atoms with Crippen molar-refractivity contribution >= 4 is 28.5 Å². The van der Waals surface area contributed by atoms with Gasteiger partial charge in [-0.05, 0) is 42.2 Å². The van der Waals surface area contributed by atoms with Gasteiger partial charge in [0.2, 0.25) is 5.76 Å². The number of halogens is 1. The van der Waals surface area contributed by atoms with Gasteiger partial charge >= 0.3 is 0 Å². The summed E-state index contributed by atoms with van der Waals surface area (Å²) in [6, 6.07) is 10.8. The second kappa shape index (κ2) is 7.65. The maximum absolute atomic E-state index is 13.4. The number of carbonyl (C=O) groups excluding carboxylic acids is 1. The molecule has 2 heterocycles. The SMILES string of the molecule is CCc1ccc(C2c3c(oc4cc(C)c(Cl)cc4c3=O)C(=O)N2CCOC)cc1. The minimum atomic E-state index is -0.515. The summed E-state index contributed by atoms with van der Waals surface area (Å²) >= 11 is 6.25. The fraction of sp³-hybridized carbons (Fsp3) is 0.304. The minimum Gasteiger partial charge on any atom is -0.450 e. The Morgan fingerprint density at radius 2 is 1.90 bits per heavy atom. The lowest BCUT2D eigenvalue weighted by atomic mass is 9.97. The lowest BCUT2D eigenvalue weighted by Crippen LogP contribution is -2.32. The molecule has 0 saturated heterocycles. The smallest absolute Gasteiger partial charge is 0.290 e. The number of ether oxygens (including phenoxy) is 1. The van der Waals surface area contributed by atoms with Crippen molar-refractivity contribution < 1.29 is 13.9 Å². The monoisotopic (exact) mass is 411 g/mol. The van der Waals surface area contributed by atoms with Crippen molar-refractivity contribution in [2.24, 2.45) is 0 Å². The number of hydrogen-bond acceptors (Lipinski definition) is 4. The Balaban J connectivity index is 1.95. The van der Waals surface area contributed by atoms with E-state index in [9.17, 15) is 9.59 Å². The molecule has 1 unspecified atom stereocenters. The Morgan fingerprint density at radius 1 is 1.17 bits per heavy atom. The molecule has 0 fully saturated rings. The minimum absolute atomic E-state index is 0.102. The molecule has 3 aromatic rings. The zero-order valence-electron chi connectivity index (χ0n) is 16.6. The fourth-order valence-corrected chi connectivity index (χ4v) is 4.01. The number of amides is 1. The molecule has 5 nitrogen and oxygen atoms in total. The highest BCUT2D eigenvalue weighted by atomic mass is 35.5. The first-order chi connectivity index (χ1) is 14.0. The second-order valence-corrected chi connectivity index (χ2v) is 7.67. The third kappa shape index (κ3) is 3.24. The highest BCUT2D eigenvalue weighted by Crippen LogP contribution is 2.38. The molecule has 1 amide bonds. The van der Waals surface area contributed by atoms with E-state index < -0.39 is 6.04 Å². The Morgan fingerprint density at radius 3 is 2.55 bits per heavy atom. The normalized spacial score (nSPS) is 15.9. The molecule has 0 aliphatic carbocycles. The maximum atomic E-state index is 13.4. The van der Waals surface area contributed by atoms with Gasteiger partial charge in [-0.3, -0.25) is 9.59 Å². The lowest BCUT2D eigenvalue weighted by Gasteiger charge is -2.25. The van der Waals surface area contributed by atoms with Crippen molar-refractivity contribution in [1.82, 2.24) is 4.90 Å². The molecular formula is C23H22ClNO4. The van der Waals surface area contributed by atoms with Gasteiger partial charge in [0, 0.05) is 18.7 Å². The van der Waals surface area contributed by atoms with Gasteiger partial charge in [-0.25, -0.2) is 0 Å². The number of hydrogen-bond donors (Lipinski definition) is 0. The van der Waals surface area contributed by atoms with E-state index in [1.165, 1.54) is 5.56 Å². The predicted molar refractivity (Wildman–Crippen MR) is 113 cm³/mol. The van der Waals surface area contributed by atoms with Gasteiger partial charge in [-0.1, -0.05) is 42.8 Å². The Bertz CT molecular complexity index is 1150. The van der Waals surface area contributed by atoms with Crippen LogP contribution in [0.4, 0.5) is 0 Å². The van der Waals surface area contributed by atoms with Gasteiger partial charge in [0.15, 0.2) is 5.43 Å². The van der Waals surface area contributed by atoms with Gasteiger partial charge in [-0.2, -0.15) is 0 Å². The van der Waals surface area contributed by atoms with E-state index in [2.05, 4.69) is 6.92 Å². The summed E-state index contributed by atoms with van der Waals surface area (Å²) in [7, 11) is 1.58. The molecule has 2 aromatic carbocycles. The Hall–Kier alpha value is -2.63. The summed E-state index contributed by atoms with van der Waals surface area (Å²) in [5, 5.41) is 0.880. The van der Waals surface area contributed by atoms with E-state index >= 15 is 0 Å². The summed E-state index contributed by atoms with van der Waals surface area (Å²) in [6.07, 6.45) is 0.915. The molecule has 1 aliphatic heterocycles. The van der Waals surface area contributed by atoms with Crippen LogP contribution in [-0.4, -0.2) is 31.1 Å². The van der Waals surface area contributed by atoms with Gasteiger partial charge in [0.25, 0.3) is 5.91 Å². The van der Waals surface area contributed by atoms with Crippen LogP contribution in [0.2, 0.25) is 5.02 Å². The lowest BCUT2D eigenvalue weighted by molar-refractivity contribution is 0.0663. The van der Waals surface area contributed by atoms with Crippen molar-refractivity contribution in [2.75, 3.05) is 20.3 Å². The van der Waals surface area contributed by atoms with E-state index in [0.29, 0.717) is 34.7 Å². The second-order valence-electron chi connectivity index (χ2n) is 7.26. The van der Waals surface area contributed by atoms with Crippen LogP contribution in [0.15, 0.2) is 45.6 Å². The van der Waals surface area contributed by atoms with E-state index in [-0.39, 0.29) is 17.1 Å². The quantitative estimate of drug-likeness (QED) is 0.619. The van der Waals surface area contributed by atoms with Crippen molar-refractivity contribution in [3.8, 4) is 0 Å². The number of fused-ring (bicyclic) bond motifs is 2. The number of methoxy groups -OCH3 is 1. The number of rotatable bonds is 5. The summed E-state index contributed by atoms with van der Waals surface area (Å²) in [6.45, 7) is 4.64. The van der Waals surface area contributed by atoms with Crippen LogP contribution in [-0.2, 0) is 11.2 Å². The van der Waals surface area contributed by atoms with Crippen LogP contribution >= 0.6 is 11.6 Å². The van der Waals surface area contributed by atoms with Crippen LogP contribution < -0.4 is 5.43 Å². The number of nitrogens with zero attached hydrogens (tertiary/aromatic N) is 1. The highest BCUT2D eigenvalue weighted by molar-refractivity contribution is 6.32. The van der Waals surface area contributed by atoms with Gasteiger partial charge in [0.1, 0.15) is 5.58 Å². The Labute approximate surface area is 173 Å². The maximum Gasteiger partial charge on any atom is 0.290 e. The molecule has 1 atom stereocenters. The van der Waals surface area contributed by atoms with Crippen LogP contribution in [0, 0.1) is 6.92 Å². The fourth-order valence-electron chi connectivity index (χ4n) is 3.84. The van der Waals surface area contributed by atoms with Crippen molar-refractivity contribution in [3.63, 3.8) is 0 Å². The van der Waals surface area contributed by atoms with Crippen LogP contribution in [0.5, 0.6) is 0 Å². The zero-order valence-corrected chi connectivity index (χ0v) is 17.4. The first-order valence-corrected chi connectivity index (χ1v) is 9.99. The molecular weight excluding hydrogens is 390 g/mol. The van der Waals surface area contributed by atoms with Crippen LogP contribution in [0.1, 0.15) is 45.8 Å². The molecule has 0 spiro atoms. The first kappa shape index (κ1) is 19.7. The third-order valence-corrected chi connectivity index (χ3v) is 5.89. The third-order valence-electron chi connectivity index (χ3n) is 5.49. The topological polar surface area (TPSA) is 59.8 Å². The summed E-state index contributed by atoms with van der Waals surface area (Å²) in [4.78, 5) is 28.2. The molecule has 0 radical (unpaired) electrons. The highest BCUT2D eigenvalue weighted by Gasteiger charge is 2.42. The molecule has 0 N–H and O–H groups in total. The zero-order chi connectivity index (χ0) is 20.7. The summed E-state index contributed by atoms with van der Waals surface area (Å²) in [5.74, 6) is -0.196. The standard InChI is InChI=1S/C23H22ClNO4/c1-4-14-5-7-15(8-6-14)20-19-21(26)16-12-17(24)13(2)11-18(16)29-22(19)23(27)25(20)9-10-28-3/h5-8,11-12,20H,4,9-10H2,1-3H3. The average molecular weight is 412 g/mol. The van der Waals surface area contributed by atoms with Gasteiger partial charge in [-0.15, -0.1) is 0 Å². The average Bonchev–Trinajstić information content (AvgIpc) is 3.00. The molecule has 0 saturated carbocycles. The summed E-state index contributed by atoms with van der Waals surface area (Å²) < 4.78 is 11.1. The molecule has 4 rings (SSSR count). The molecule has 150 valence electrons. The van der Waals surface area contributed by atoms with Crippen molar-refractivity contribution in [3.05, 3.63) is 79.7 Å². The largest absolute Gasteiger partial charge is 0.450 e. The van der Waals surface area contributed by atoms with E-state index in [0.717, 1.165) is 17.5 Å². The van der Waals surface area contributed by atoms with E-state index in [1.807, 2.05) is 31.2 Å².